The maximum atomic E-state index is 10.3. The summed E-state index contributed by atoms with van der Waals surface area (Å²) in [5.41, 5.74) is -0.601. The largest absolute Gasteiger partial charge is 0.389 e. The Bertz CT molecular complexity index is 356. The molecule has 1 saturated carbocycles. The van der Waals surface area contributed by atoms with Gasteiger partial charge in [-0.1, -0.05) is 6.92 Å². The third-order valence-corrected chi connectivity index (χ3v) is 3.37. The molecule has 0 atom stereocenters. The lowest BCUT2D eigenvalue weighted by Crippen LogP contribution is -2.50. The molecule has 96 valence electrons. The average Bonchev–Trinajstić information content (AvgIpc) is 2.64. The number of rotatable bonds is 6. The zero-order chi connectivity index (χ0) is 12.3. The van der Waals surface area contributed by atoms with Gasteiger partial charge in [0.2, 0.25) is 0 Å². The Labute approximate surface area is 103 Å². The SMILES string of the molecule is CCCn1ccnc1CC1(O)CC(OCC)C1. The molecule has 1 heterocycles. The number of nitrogens with zero attached hydrogens (tertiary/aromatic N) is 2. The number of ether oxygens (including phenoxy) is 1. The van der Waals surface area contributed by atoms with E-state index in [9.17, 15) is 5.11 Å². The van der Waals surface area contributed by atoms with Gasteiger partial charge in [0.25, 0.3) is 0 Å². The standard InChI is InChI=1S/C13H22N2O2/c1-3-6-15-7-5-14-12(15)10-13(16)8-11(9-13)17-4-2/h5,7,11,16H,3-4,6,8-10H2,1-2H3. The lowest BCUT2D eigenvalue weighted by molar-refractivity contribution is -0.137. The van der Waals surface area contributed by atoms with Crippen LogP contribution in [0.3, 0.4) is 0 Å². The second-order valence-corrected chi connectivity index (χ2v) is 4.92. The fraction of sp³-hybridized carbons (Fsp3) is 0.769. The Morgan fingerprint density at radius 3 is 2.94 bits per heavy atom. The molecule has 1 fully saturated rings. The molecule has 1 aliphatic carbocycles. The molecule has 1 aromatic rings. The summed E-state index contributed by atoms with van der Waals surface area (Å²) < 4.78 is 7.61. The smallest absolute Gasteiger partial charge is 0.111 e. The van der Waals surface area contributed by atoms with E-state index in [2.05, 4.69) is 16.5 Å². The van der Waals surface area contributed by atoms with Gasteiger partial charge < -0.3 is 14.4 Å². The highest BCUT2D eigenvalue weighted by molar-refractivity contribution is 5.05. The van der Waals surface area contributed by atoms with Crippen LogP contribution in [-0.2, 0) is 17.7 Å². The van der Waals surface area contributed by atoms with Gasteiger partial charge in [0.05, 0.1) is 11.7 Å². The predicted molar refractivity (Wildman–Crippen MR) is 65.8 cm³/mol. The van der Waals surface area contributed by atoms with E-state index in [0.29, 0.717) is 6.42 Å². The minimum atomic E-state index is -0.601. The molecular weight excluding hydrogens is 216 g/mol. The third kappa shape index (κ3) is 2.87. The van der Waals surface area contributed by atoms with Crippen LogP contribution in [0.4, 0.5) is 0 Å². The summed E-state index contributed by atoms with van der Waals surface area (Å²) in [5, 5.41) is 10.3. The minimum Gasteiger partial charge on any atom is -0.389 e. The van der Waals surface area contributed by atoms with Crippen LogP contribution in [0.5, 0.6) is 0 Å². The summed E-state index contributed by atoms with van der Waals surface area (Å²) in [6, 6.07) is 0. The van der Waals surface area contributed by atoms with Crippen molar-refractivity contribution in [2.75, 3.05) is 6.61 Å². The second-order valence-electron chi connectivity index (χ2n) is 4.92. The summed E-state index contributed by atoms with van der Waals surface area (Å²) in [4.78, 5) is 4.34. The van der Waals surface area contributed by atoms with Crippen LogP contribution in [0.25, 0.3) is 0 Å². The van der Waals surface area contributed by atoms with Gasteiger partial charge in [-0.05, 0) is 13.3 Å². The van der Waals surface area contributed by atoms with E-state index in [1.54, 1.807) is 0 Å². The molecule has 0 aliphatic heterocycles. The Morgan fingerprint density at radius 1 is 1.53 bits per heavy atom. The van der Waals surface area contributed by atoms with Crippen molar-refractivity contribution >= 4 is 0 Å². The molecule has 0 amide bonds. The number of imidazole rings is 1. The highest BCUT2D eigenvalue weighted by atomic mass is 16.5. The molecule has 1 N–H and O–H groups in total. The molecule has 0 spiro atoms. The molecule has 0 unspecified atom stereocenters. The fourth-order valence-electron chi connectivity index (χ4n) is 2.53. The molecule has 2 rings (SSSR count). The molecule has 1 aliphatic rings. The molecule has 17 heavy (non-hydrogen) atoms. The van der Waals surface area contributed by atoms with Crippen LogP contribution in [0.15, 0.2) is 12.4 Å². The number of aromatic nitrogens is 2. The van der Waals surface area contributed by atoms with Gasteiger partial charge in [0.1, 0.15) is 5.82 Å². The van der Waals surface area contributed by atoms with Gasteiger partial charge >= 0.3 is 0 Å². The highest BCUT2D eigenvalue weighted by Crippen LogP contribution is 2.36. The lowest BCUT2D eigenvalue weighted by Gasteiger charge is -2.43. The molecule has 0 radical (unpaired) electrons. The zero-order valence-corrected chi connectivity index (χ0v) is 10.7. The van der Waals surface area contributed by atoms with E-state index >= 15 is 0 Å². The number of hydrogen-bond acceptors (Lipinski definition) is 3. The van der Waals surface area contributed by atoms with E-state index in [4.69, 9.17) is 4.74 Å². The van der Waals surface area contributed by atoms with Gasteiger partial charge in [-0.3, -0.25) is 0 Å². The van der Waals surface area contributed by atoms with Crippen LogP contribution in [-0.4, -0.2) is 33.0 Å². The normalized spacial score (nSPS) is 28.1. The first kappa shape index (κ1) is 12.6. The molecular formula is C13H22N2O2. The molecule has 1 aromatic heterocycles. The van der Waals surface area contributed by atoms with Crippen molar-refractivity contribution in [3.05, 3.63) is 18.2 Å². The lowest BCUT2D eigenvalue weighted by atomic mass is 9.75. The Balaban J connectivity index is 1.90. The number of aryl methyl sites for hydroxylation is 1. The molecule has 0 aromatic carbocycles. The first-order valence-corrected chi connectivity index (χ1v) is 6.51. The maximum Gasteiger partial charge on any atom is 0.111 e. The molecule has 4 heteroatoms. The first-order chi connectivity index (χ1) is 8.17. The van der Waals surface area contributed by atoms with Crippen molar-refractivity contribution < 1.29 is 9.84 Å². The summed E-state index contributed by atoms with van der Waals surface area (Å²) in [6.45, 7) is 5.84. The van der Waals surface area contributed by atoms with Crippen LogP contribution >= 0.6 is 0 Å². The van der Waals surface area contributed by atoms with Crippen molar-refractivity contribution in [2.24, 2.45) is 0 Å². The van der Waals surface area contributed by atoms with E-state index in [0.717, 1.165) is 38.2 Å². The topological polar surface area (TPSA) is 47.3 Å². The average molecular weight is 238 g/mol. The van der Waals surface area contributed by atoms with E-state index in [1.807, 2.05) is 19.3 Å². The fourth-order valence-corrected chi connectivity index (χ4v) is 2.53. The summed E-state index contributed by atoms with van der Waals surface area (Å²) in [7, 11) is 0. The predicted octanol–water partition coefficient (Wildman–Crippen LogP) is 1.77. The molecule has 0 bridgehead atoms. The minimum absolute atomic E-state index is 0.236. The van der Waals surface area contributed by atoms with E-state index in [1.165, 1.54) is 0 Å². The quantitative estimate of drug-likeness (QED) is 0.821. The number of aliphatic hydroxyl groups is 1. The summed E-state index contributed by atoms with van der Waals surface area (Å²) >= 11 is 0. The van der Waals surface area contributed by atoms with Crippen molar-refractivity contribution in [1.29, 1.82) is 0 Å². The Hall–Kier alpha value is -0.870. The monoisotopic (exact) mass is 238 g/mol. The van der Waals surface area contributed by atoms with Crippen LogP contribution < -0.4 is 0 Å². The van der Waals surface area contributed by atoms with Gasteiger partial charge in [-0.15, -0.1) is 0 Å². The molecule has 4 nitrogen and oxygen atoms in total. The molecule has 0 saturated heterocycles. The highest BCUT2D eigenvalue weighted by Gasteiger charge is 2.43. The van der Waals surface area contributed by atoms with Crippen LogP contribution in [0, 0.1) is 0 Å². The van der Waals surface area contributed by atoms with Crippen molar-refractivity contribution in [3.8, 4) is 0 Å². The van der Waals surface area contributed by atoms with Crippen molar-refractivity contribution in [2.45, 2.75) is 57.8 Å². The zero-order valence-electron chi connectivity index (χ0n) is 10.7. The third-order valence-electron chi connectivity index (χ3n) is 3.37. The van der Waals surface area contributed by atoms with Crippen molar-refractivity contribution in [3.63, 3.8) is 0 Å². The maximum absolute atomic E-state index is 10.3. The van der Waals surface area contributed by atoms with Gasteiger partial charge in [0.15, 0.2) is 0 Å². The van der Waals surface area contributed by atoms with E-state index < -0.39 is 5.60 Å². The first-order valence-electron chi connectivity index (χ1n) is 6.51. The summed E-state index contributed by atoms with van der Waals surface area (Å²) in [5.74, 6) is 0.990. The van der Waals surface area contributed by atoms with E-state index in [-0.39, 0.29) is 6.10 Å². The van der Waals surface area contributed by atoms with Gasteiger partial charge in [0, 0.05) is 44.8 Å². The van der Waals surface area contributed by atoms with Crippen LogP contribution in [0.1, 0.15) is 38.9 Å². The van der Waals surface area contributed by atoms with Gasteiger partial charge in [-0.25, -0.2) is 4.98 Å². The van der Waals surface area contributed by atoms with Crippen LogP contribution in [0.2, 0.25) is 0 Å². The van der Waals surface area contributed by atoms with Gasteiger partial charge in [-0.2, -0.15) is 0 Å². The number of hydrogen-bond donors (Lipinski definition) is 1. The Kier molecular flexibility index (Phi) is 3.84. The Morgan fingerprint density at radius 2 is 2.29 bits per heavy atom. The summed E-state index contributed by atoms with van der Waals surface area (Å²) in [6.07, 6.45) is 7.24. The second kappa shape index (κ2) is 5.19. The van der Waals surface area contributed by atoms with Crippen molar-refractivity contribution in [1.82, 2.24) is 9.55 Å².